The number of carbonyl (C=O) groups is 2. The predicted molar refractivity (Wildman–Crippen MR) is 111 cm³/mol. The molecule has 1 aromatic heterocycles. The first-order valence-electron chi connectivity index (χ1n) is 10.1. The van der Waals surface area contributed by atoms with Crippen molar-refractivity contribution in [1.82, 2.24) is 9.88 Å². The summed E-state index contributed by atoms with van der Waals surface area (Å²) in [5.41, 5.74) is -0.254. The molecule has 1 atom stereocenters. The summed E-state index contributed by atoms with van der Waals surface area (Å²) in [6, 6.07) is 9.32. The lowest BCUT2D eigenvalue weighted by Gasteiger charge is -2.30. The highest BCUT2D eigenvalue weighted by Crippen LogP contribution is 2.34. The van der Waals surface area contributed by atoms with Crippen molar-refractivity contribution in [2.45, 2.75) is 52.4 Å². The van der Waals surface area contributed by atoms with E-state index in [1.165, 1.54) is 21.9 Å². The van der Waals surface area contributed by atoms with Gasteiger partial charge in [0.05, 0.1) is 17.8 Å². The smallest absolute Gasteiger partial charge is 0.325 e. The second-order valence-corrected chi connectivity index (χ2v) is 8.92. The molecule has 0 radical (unpaired) electrons. The Kier molecular flexibility index (Phi) is 6.38. The third-order valence-corrected chi connectivity index (χ3v) is 5.10. The highest BCUT2D eigenvalue weighted by Gasteiger charge is 2.40. The number of halogens is 3. The van der Waals surface area contributed by atoms with E-state index in [1.54, 1.807) is 24.4 Å². The third-order valence-electron chi connectivity index (χ3n) is 5.10. The summed E-state index contributed by atoms with van der Waals surface area (Å²) in [5, 5.41) is 0. The molecule has 2 amide bonds. The van der Waals surface area contributed by atoms with E-state index in [2.05, 4.69) is 4.98 Å². The van der Waals surface area contributed by atoms with Gasteiger partial charge in [0.1, 0.15) is 6.04 Å². The molecule has 0 saturated carbocycles. The van der Waals surface area contributed by atoms with Crippen LogP contribution in [-0.2, 0) is 22.3 Å². The Morgan fingerprint density at radius 3 is 2.52 bits per heavy atom. The number of aromatic nitrogens is 1. The van der Waals surface area contributed by atoms with Gasteiger partial charge in [-0.2, -0.15) is 13.2 Å². The van der Waals surface area contributed by atoms with Crippen LogP contribution in [0.4, 0.5) is 18.9 Å². The Balaban J connectivity index is 1.87. The lowest BCUT2D eigenvalue weighted by Crippen LogP contribution is -2.46. The van der Waals surface area contributed by atoms with Gasteiger partial charge in [-0.1, -0.05) is 32.9 Å². The highest BCUT2D eigenvalue weighted by atomic mass is 19.4. The molecule has 2 heterocycles. The second kappa shape index (κ2) is 8.69. The molecule has 2 aromatic rings. The summed E-state index contributed by atoms with van der Waals surface area (Å²) in [7, 11) is 0. The Morgan fingerprint density at radius 2 is 1.90 bits per heavy atom. The van der Waals surface area contributed by atoms with Crippen LogP contribution >= 0.6 is 0 Å². The summed E-state index contributed by atoms with van der Waals surface area (Å²) in [6.07, 6.45) is -2.29. The normalized spacial score (nSPS) is 17.2. The molecule has 1 aliphatic heterocycles. The van der Waals surface area contributed by atoms with Crippen LogP contribution < -0.4 is 4.90 Å². The Morgan fingerprint density at radius 1 is 1.16 bits per heavy atom. The van der Waals surface area contributed by atoms with Crippen molar-refractivity contribution in [1.29, 1.82) is 0 Å². The number of nitrogens with zero attached hydrogens (tertiary/aromatic N) is 3. The summed E-state index contributed by atoms with van der Waals surface area (Å²) in [6.45, 7) is 6.23. The van der Waals surface area contributed by atoms with Gasteiger partial charge >= 0.3 is 6.18 Å². The molecule has 31 heavy (non-hydrogen) atoms. The quantitative estimate of drug-likeness (QED) is 0.689. The van der Waals surface area contributed by atoms with Crippen LogP contribution in [0.25, 0.3) is 0 Å². The molecule has 0 N–H and O–H groups in total. The van der Waals surface area contributed by atoms with E-state index >= 15 is 0 Å². The topological polar surface area (TPSA) is 53.5 Å². The molecule has 8 heteroatoms. The summed E-state index contributed by atoms with van der Waals surface area (Å²) < 4.78 is 39.3. The van der Waals surface area contributed by atoms with Gasteiger partial charge < -0.3 is 9.80 Å². The average Bonchev–Trinajstić information content (AvgIpc) is 3.06. The maximum atomic E-state index is 13.2. The van der Waals surface area contributed by atoms with Gasteiger partial charge in [0.15, 0.2) is 0 Å². The number of alkyl halides is 3. The van der Waals surface area contributed by atoms with Crippen LogP contribution in [0.5, 0.6) is 0 Å². The molecule has 1 aliphatic rings. The van der Waals surface area contributed by atoms with Crippen LogP contribution in [0.3, 0.4) is 0 Å². The van der Waals surface area contributed by atoms with Gasteiger partial charge in [-0.25, -0.2) is 0 Å². The van der Waals surface area contributed by atoms with Gasteiger partial charge in [-0.05, 0) is 42.2 Å². The molecule has 1 fully saturated rings. The first kappa shape index (κ1) is 22.8. The highest BCUT2D eigenvalue weighted by molar-refractivity contribution is 6.01. The maximum absolute atomic E-state index is 13.2. The number of amides is 2. The molecule has 3 rings (SSSR count). The molecule has 1 aromatic carbocycles. The zero-order valence-corrected chi connectivity index (χ0v) is 17.8. The largest absolute Gasteiger partial charge is 0.416 e. The average molecular weight is 433 g/mol. The van der Waals surface area contributed by atoms with Crippen molar-refractivity contribution in [3.63, 3.8) is 0 Å². The van der Waals surface area contributed by atoms with Gasteiger partial charge in [-0.15, -0.1) is 0 Å². The standard InChI is InChI=1S/C23H26F3N3O2/c1-22(2,3)14-20(30)29(15-17-8-4-5-11-27-17)19-10-12-28(21(19)31)18-9-6-7-16(13-18)23(24,25)26/h4-9,11,13,19H,10,12,14-15H2,1-3H3. The first-order valence-corrected chi connectivity index (χ1v) is 10.1. The van der Waals surface area contributed by atoms with Gasteiger partial charge in [-0.3, -0.25) is 14.6 Å². The number of carbonyl (C=O) groups excluding carboxylic acids is 2. The van der Waals surface area contributed by atoms with Crippen molar-refractivity contribution in [2.75, 3.05) is 11.4 Å². The molecule has 1 unspecified atom stereocenters. The monoisotopic (exact) mass is 433 g/mol. The number of hydrogen-bond donors (Lipinski definition) is 0. The van der Waals surface area contributed by atoms with Crippen LogP contribution in [0, 0.1) is 5.41 Å². The van der Waals surface area contributed by atoms with Crippen LogP contribution in [0.2, 0.25) is 0 Å². The number of anilines is 1. The fraction of sp³-hybridized carbons (Fsp3) is 0.435. The number of hydrogen-bond acceptors (Lipinski definition) is 3. The zero-order valence-electron chi connectivity index (χ0n) is 17.8. The predicted octanol–water partition coefficient (Wildman–Crippen LogP) is 4.67. The van der Waals surface area contributed by atoms with Gasteiger partial charge in [0.2, 0.25) is 11.8 Å². The van der Waals surface area contributed by atoms with E-state index in [9.17, 15) is 22.8 Å². The Hall–Kier alpha value is -2.90. The molecular weight excluding hydrogens is 407 g/mol. The van der Waals surface area contributed by atoms with E-state index < -0.39 is 17.8 Å². The van der Waals surface area contributed by atoms with Crippen molar-refractivity contribution in [3.8, 4) is 0 Å². The fourth-order valence-corrected chi connectivity index (χ4v) is 3.65. The Labute approximate surface area is 179 Å². The fourth-order valence-electron chi connectivity index (χ4n) is 3.65. The molecule has 0 spiro atoms. The molecule has 0 bridgehead atoms. The van der Waals surface area contributed by atoms with E-state index in [0.717, 1.165) is 12.1 Å². The summed E-state index contributed by atoms with van der Waals surface area (Å²) >= 11 is 0. The molecule has 0 aliphatic carbocycles. The summed E-state index contributed by atoms with van der Waals surface area (Å²) in [4.78, 5) is 33.4. The zero-order chi connectivity index (χ0) is 22.8. The lowest BCUT2D eigenvalue weighted by molar-refractivity contribution is -0.140. The minimum atomic E-state index is -4.49. The SMILES string of the molecule is CC(C)(C)CC(=O)N(Cc1ccccn1)C1CCN(c2cccc(C(F)(F)F)c2)C1=O. The van der Waals surface area contributed by atoms with Gasteiger partial charge in [0.25, 0.3) is 0 Å². The van der Waals surface area contributed by atoms with Crippen LogP contribution in [0.15, 0.2) is 48.7 Å². The molecule has 5 nitrogen and oxygen atoms in total. The molecular formula is C23H26F3N3O2. The first-order chi connectivity index (χ1) is 14.5. The van der Waals surface area contributed by atoms with E-state index in [4.69, 9.17) is 0 Å². The van der Waals surface area contributed by atoms with Crippen LogP contribution in [0.1, 0.15) is 44.9 Å². The van der Waals surface area contributed by atoms with E-state index in [-0.39, 0.29) is 42.4 Å². The number of pyridine rings is 1. The lowest BCUT2D eigenvalue weighted by atomic mass is 9.91. The second-order valence-electron chi connectivity index (χ2n) is 8.92. The maximum Gasteiger partial charge on any atom is 0.416 e. The molecule has 166 valence electrons. The minimum Gasteiger partial charge on any atom is -0.325 e. The summed E-state index contributed by atoms with van der Waals surface area (Å²) in [5.74, 6) is -0.556. The van der Waals surface area contributed by atoms with Crippen molar-refractivity contribution in [2.24, 2.45) is 5.41 Å². The van der Waals surface area contributed by atoms with Gasteiger partial charge in [0, 0.05) is 24.8 Å². The minimum absolute atomic E-state index is 0.169. The third kappa shape index (κ3) is 5.62. The number of benzene rings is 1. The van der Waals surface area contributed by atoms with Crippen molar-refractivity contribution in [3.05, 3.63) is 59.9 Å². The number of rotatable bonds is 5. The van der Waals surface area contributed by atoms with Crippen LogP contribution in [-0.4, -0.2) is 34.3 Å². The molecule has 1 saturated heterocycles. The van der Waals surface area contributed by atoms with Crippen molar-refractivity contribution >= 4 is 17.5 Å². The Bertz CT molecular complexity index is 939. The van der Waals surface area contributed by atoms with Crippen molar-refractivity contribution < 1.29 is 22.8 Å². The van der Waals surface area contributed by atoms with E-state index in [1.807, 2.05) is 20.8 Å². The van der Waals surface area contributed by atoms with E-state index in [0.29, 0.717) is 12.1 Å².